The minimum Gasteiger partial charge on any atom is -0.387 e. The van der Waals surface area contributed by atoms with Crippen LogP contribution in [0, 0.1) is 0 Å². The van der Waals surface area contributed by atoms with Gasteiger partial charge in [-0.15, -0.1) is 0 Å². The van der Waals surface area contributed by atoms with Crippen LogP contribution in [-0.4, -0.2) is 180 Å². The Morgan fingerprint density at radius 1 is 0.514 bits per heavy atom. The van der Waals surface area contributed by atoms with Gasteiger partial charge in [0.1, 0.15) is 90.5 Å². The predicted octanol–water partition coefficient (Wildman–Crippen LogP) is -2.73. The first-order valence-corrected chi connectivity index (χ1v) is 26.3. The highest BCUT2D eigenvalue weighted by atomic mass is 31.3. The predicted molar refractivity (Wildman–Crippen MR) is 230 cm³/mol. The second kappa shape index (κ2) is 19.8. The Balaban J connectivity index is 0.923. The molecule has 0 radical (unpaired) electrons. The van der Waals surface area contributed by atoms with Gasteiger partial charge in [0.15, 0.2) is 53.1 Å². The van der Waals surface area contributed by atoms with Crippen LogP contribution in [0.2, 0.25) is 0 Å². The normalized spacial score (nSPS) is 30.6. The van der Waals surface area contributed by atoms with Crippen molar-refractivity contribution >= 4 is 82.2 Å². The Morgan fingerprint density at radius 3 is 1.26 bits per heavy atom. The molecule has 0 saturated carbocycles. The van der Waals surface area contributed by atoms with Crippen molar-refractivity contribution in [2.24, 2.45) is 0 Å². The van der Waals surface area contributed by atoms with Gasteiger partial charge in [0.05, 0.1) is 38.8 Å². The van der Waals surface area contributed by atoms with Crippen LogP contribution in [0.5, 0.6) is 0 Å². The molecule has 0 aromatic carbocycles. The summed E-state index contributed by atoms with van der Waals surface area (Å²) in [7, 11) is -20.7. The van der Waals surface area contributed by atoms with Crippen molar-refractivity contribution in [2.45, 2.75) is 73.6 Å². The Bertz CT molecular complexity index is 3170. The minimum absolute atomic E-state index is 0.0103. The highest BCUT2D eigenvalue weighted by Gasteiger charge is 2.54. The fourth-order valence-corrected chi connectivity index (χ4v) is 11.4. The highest BCUT2D eigenvalue weighted by Crippen LogP contribution is 2.58. The van der Waals surface area contributed by atoms with E-state index in [2.05, 4.69) is 53.7 Å². The van der Waals surface area contributed by atoms with E-state index in [0.717, 1.165) is 34.4 Å². The lowest BCUT2D eigenvalue weighted by Crippen LogP contribution is -2.37. The van der Waals surface area contributed by atoms with Crippen molar-refractivity contribution in [3.8, 4) is 0 Å². The van der Waals surface area contributed by atoms with Gasteiger partial charge in [0.2, 0.25) is 0 Å². The number of phosphoric ester groups is 3. The van der Waals surface area contributed by atoms with Gasteiger partial charge < -0.3 is 75.9 Å². The molecule has 392 valence electrons. The molecule has 0 spiro atoms. The van der Waals surface area contributed by atoms with Crippen LogP contribution in [0.3, 0.4) is 0 Å². The maximum absolute atomic E-state index is 13.8. The zero-order chi connectivity index (χ0) is 51.7. The number of aliphatic hydroxyl groups excluding tert-OH is 3. The number of anilines is 3. The number of imidazole rings is 3. The molecule has 15 atom stereocenters. The fraction of sp³-hybridized carbons (Fsp3) is 0.516. The van der Waals surface area contributed by atoms with Crippen LogP contribution < -0.4 is 17.2 Å². The van der Waals surface area contributed by atoms with Crippen molar-refractivity contribution in [3.63, 3.8) is 0 Å². The van der Waals surface area contributed by atoms with E-state index in [9.17, 15) is 48.3 Å². The largest absolute Gasteiger partial charge is 0.481 e. The molecular formula is C31H41N15O22P4. The lowest BCUT2D eigenvalue weighted by molar-refractivity contribution is -0.0656. The number of nitrogens with zero attached hydrogens (tertiary/aromatic N) is 12. The number of methoxy groups -OCH3 is 1. The molecule has 0 amide bonds. The summed E-state index contributed by atoms with van der Waals surface area (Å²) in [6, 6.07) is 0. The summed E-state index contributed by atoms with van der Waals surface area (Å²) in [6.45, 7) is -3.00. The zero-order valence-electron chi connectivity index (χ0n) is 36.2. The summed E-state index contributed by atoms with van der Waals surface area (Å²) in [5, 5.41) is 34.2. The molecule has 0 bridgehead atoms. The molecule has 0 aliphatic carbocycles. The van der Waals surface area contributed by atoms with Crippen molar-refractivity contribution in [3.05, 3.63) is 38.0 Å². The van der Waals surface area contributed by atoms with E-state index >= 15 is 0 Å². The van der Waals surface area contributed by atoms with Gasteiger partial charge in [-0.1, -0.05) is 0 Å². The average Bonchev–Trinajstić information content (AvgIpc) is 4.17. The zero-order valence-corrected chi connectivity index (χ0v) is 39.8. The Morgan fingerprint density at radius 2 is 0.875 bits per heavy atom. The first-order chi connectivity index (χ1) is 33.9. The molecule has 72 heavy (non-hydrogen) atoms. The first-order valence-electron chi connectivity index (χ1n) is 20.3. The van der Waals surface area contributed by atoms with Gasteiger partial charge in [-0.25, -0.2) is 63.1 Å². The Labute approximate surface area is 399 Å². The van der Waals surface area contributed by atoms with E-state index < -0.39 is 125 Å². The monoisotopic (exact) mass is 1100 g/mol. The molecule has 3 aliphatic rings. The number of hydrogen-bond donors (Lipinski definition) is 11. The number of ether oxygens (including phenoxy) is 4. The smallest absolute Gasteiger partial charge is 0.387 e. The molecular weight excluding hydrogens is 1060 g/mol. The molecule has 6 aromatic rings. The van der Waals surface area contributed by atoms with Gasteiger partial charge in [-0.05, 0) is 0 Å². The third kappa shape index (κ3) is 10.5. The van der Waals surface area contributed by atoms with Crippen LogP contribution in [0.4, 0.5) is 17.5 Å². The standard InChI is InChI=1S/C31H41N15O22P4/c1-59-20-13(65-29(19(20)49)44-8-41-14-23(32)35-5-38-26(14)44)4-61-71(55,56)67-21-17(47)11(63-30(21)45-9-42-15-24(33)36-6-39-27(15)45)2-60-70(53,54)66-22-18(48)12(3-62-72(57,58)68-69(50,51)52)64-31(22)46-10-43-16-25(34)37-7-40-28(16)46/h5-13,17-22,29-31,47-49H,2-4H2,1H3,(H,53,54)(H,55,56)(H,57,58)(H2,32,35,38)(H2,33,36,39)(H2,34,37,40)(H2,50,51,52)/t11-,12-,13-,17-,18-,19?,20-,21-,22-,29-,30-,31-/m1/s1. The summed E-state index contributed by atoms with van der Waals surface area (Å²) in [5.74, 6) is -0.177. The second-order valence-corrected chi connectivity index (χ2v) is 21.3. The highest BCUT2D eigenvalue weighted by molar-refractivity contribution is 7.60. The Kier molecular flexibility index (Phi) is 14.4. The topological polar surface area (TPSA) is 531 Å². The van der Waals surface area contributed by atoms with Crippen LogP contribution in [0.1, 0.15) is 18.7 Å². The summed E-state index contributed by atoms with van der Waals surface area (Å²) >= 11 is 0. The summed E-state index contributed by atoms with van der Waals surface area (Å²) in [5.41, 5.74) is 18.1. The SMILES string of the molecule is CO[C@H]1C(O)[C@H](n2cnc3c(N)ncnc32)O[C@@H]1COP(=O)(O)O[C@@H]1[C@H](O)[C@@H](COP(=O)(O)O[C@@H]2[C@H](O)[C@@H](COP(=O)(O)OP(=O)(O)O)O[C@H]2n2cnc3c(N)ncnc32)O[C@H]1n1cnc2c(N)ncnc21. The summed E-state index contributed by atoms with van der Waals surface area (Å²) in [4.78, 5) is 86.3. The molecule has 14 N–H and O–H groups in total. The van der Waals surface area contributed by atoms with Gasteiger partial charge in [-0.3, -0.25) is 36.3 Å². The number of nitrogen functional groups attached to an aromatic ring is 3. The maximum atomic E-state index is 13.8. The van der Waals surface area contributed by atoms with Gasteiger partial charge in [-0.2, -0.15) is 4.31 Å². The second-order valence-electron chi connectivity index (χ2n) is 15.6. The number of aliphatic hydroxyl groups is 3. The van der Waals surface area contributed by atoms with Gasteiger partial charge >= 0.3 is 31.3 Å². The number of rotatable bonds is 19. The van der Waals surface area contributed by atoms with E-state index in [1.54, 1.807) is 0 Å². The van der Waals surface area contributed by atoms with Crippen molar-refractivity contribution in [1.29, 1.82) is 0 Å². The molecule has 9 rings (SSSR count). The number of aromatic nitrogens is 12. The van der Waals surface area contributed by atoms with Crippen LogP contribution in [0.25, 0.3) is 33.5 Å². The van der Waals surface area contributed by atoms with Crippen LogP contribution in [0.15, 0.2) is 38.0 Å². The quantitative estimate of drug-likeness (QED) is 0.0367. The molecule has 3 fully saturated rings. The molecule has 3 saturated heterocycles. The lowest BCUT2D eigenvalue weighted by Gasteiger charge is -2.25. The van der Waals surface area contributed by atoms with E-state index in [4.69, 9.17) is 64.0 Å². The third-order valence-corrected chi connectivity index (χ3v) is 15.2. The maximum Gasteiger partial charge on any atom is 0.481 e. The summed E-state index contributed by atoms with van der Waals surface area (Å²) in [6.07, 6.45) is -13.4. The number of hydrogen-bond acceptors (Lipinski definition) is 29. The molecule has 3 aliphatic heterocycles. The minimum atomic E-state index is -5.58. The molecule has 6 aromatic heterocycles. The third-order valence-electron chi connectivity index (χ3n) is 11.1. The molecule has 4 unspecified atom stereocenters. The van der Waals surface area contributed by atoms with Crippen molar-refractivity contribution in [2.75, 3.05) is 44.1 Å². The van der Waals surface area contributed by atoms with Crippen LogP contribution >= 0.6 is 31.3 Å². The number of phosphoric acid groups is 4. The van der Waals surface area contributed by atoms with Crippen LogP contribution in [-0.2, 0) is 64.1 Å². The molecule has 37 nitrogen and oxygen atoms in total. The number of nitrogens with two attached hydrogens (primary N) is 3. The summed E-state index contributed by atoms with van der Waals surface area (Å²) < 4.78 is 107. The average molecular weight is 1100 g/mol. The van der Waals surface area contributed by atoms with E-state index in [-0.39, 0.29) is 50.9 Å². The van der Waals surface area contributed by atoms with E-state index in [1.165, 1.54) is 24.3 Å². The fourth-order valence-electron chi connectivity index (χ4n) is 7.96. The molecule has 9 heterocycles. The molecule has 41 heteroatoms. The van der Waals surface area contributed by atoms with Gasteiger partial charge in [0, 0.05) is 7.11 Å². The van der Waals surface area contributed by atoms with E-state index in [0.29, 0.717) is 0 Å². The first kappa shape index (κ1) is 52.1. The lowest BCUT2D eigenvalue weighted by atomic mass is 10.1. The van der Waals surface area contributed by atoms with Crippen molar-refractivity contribution in [1.82, 2.24) is 58.6 Å². The van der Waals surface area contributed by atoms with Gasteiger partial charge in [0.25, 0.3) is 0 Å². The number of fused-ring (bicyclic) bond motifs is 3. The van der Waals surface area contributed by atoms with E-state index in [1.807, 2.05) is 0 Å². The van der Waals surface area contributed by atoms with Crippen molar-refractivity contribution < 1.29 is 104 Å². The Hall–Kier alpha value is -4.75.